The van der Waals surface area contributed by atoms with E-state index in [1.165, 1.54) is 19.4 Å². The first-order valence-electron chi connectivity index (χ1n) is 7.88. The van der Waals surface area contributed by atoms with Gasteiger partial charge >= 0.3 is 12.1 Å². The third kappa shape index (κ3) is 3.30. The molecule has 0 N–H and O–H groups in total. The second kappa shape index (κ2) is 6.87. The smallest absolute Gasteiger partial charge is 0.458 e. The number of halogens is 5. The van der Waals surface area contributed by atoms with Crippen molar-refractivity contribution >= 4 is 35.1 Å². The van der Waals surface area contributed by atoms with Crippen LogP contribution in [-0.2, 0) is 10.7 Å². The second-order valence-corrected chi connectivity index (χ2v) is 5.86. The summed E-state index contributed by atoms with van der Waals surface area (Å²) in [5, 5.41) is 6.42. The Morgan fingerprint density at radius 1 is 1.17 bits per heavy atom. The Labute approximate surface area is 159 Å². The maximum Gasteiger partial charge on any atom is 0.458 e. The van der Waals surface area contributed by atoms with Crippen LogP contribution >= 0.6 is 0 Å². The first-order valence-corrected chi connectivity index (χ1v) is 7.88. The number of fused-ring (bicyclic) bond motifs is 3. The molecule has 0 radical (unpaired) electrons. The van der Waals surface area contributed by atoms with Gasteiger partial charge in [-0.3, -0.25) is 9.20 Å². The average molecular weight is 413 g/mol. The van der Waals surface area contributed by atoms with Gasteiger partial charge < -0.3 is 4.74 Å². The number of rotatable bonds is 4. The number of hydrogen-bond donors (Lipinski definition) is 0. The van der Waals surface area contributed by atoms with Gasteiger partial charge in [0.15, 0.2) is 5.78 Å². The summed E-state index contributed by atoms with van der Waals surface area (Å²) >= 11 is 0. The summed E-state index contributed by atoms with van der Waals surface area (Å²) in [4.78, 5) is 19.8. The Bertz CT molecular complexity index is 1170. The van der Waals surface area contributed by atoms with Crippen molar-refractivity contribution < 1.29 is 31.5 Å². The van der Waals surface area contributed by atoms with Crippen LogP contribution in [0.15, 0.2) is 34.6 Å². The number of carbonyl (C=O) groups is 1. The van der Waals surface area contributed by atoms with Crippen LogP contribution in [0.2, 0.25) is 0 Å². The molecule has 12 heteroatoms. The number of imidazole rings is 1. The molecule has 0 spiro atoms. The SMILES string of the molecule is C=N/N=C(\OC)c1cn2c(ccc3c(C(F)(F)C(F)(F)F)cc(C(C)=O)nc32)n1. The van der Waals surface area contributed by atoms with Gasteiger partial charge in [0, 0.05) is 30.8 Å². The molecule has 152 valence electrons. The van der Waals surface area contributed by atoms with Gasteiger partial charge in [-0.1, -0.05) is 0 Å². The molecular weight excluding hydrogens is 401 g/mol. The quantitative estimate of drug-likeness (QED) is 0.215. The third-order valence-electron chi connectivity index (χ3n) is 4.03. The summed E-state index contributed by atoms with van der Waals surface area (Å²) in [5.74, 6) is -6.06. The van der Waals surface area contributed by atoms with E-state index in [0.717, 1.165) is 17.4 Å². The number of aromatic nitrogens is 3. The Kier molecular flexibility index (Phi) is 4.81. The number of hydrogen-bond acceptors (Lipinski definition) is 6. The molecular formula is C17H12F5N5O2. The molecule has 3 heterocycles. The highest BCUT2D eigenvalue weighted by Crippen LogP contribution is 2.46. The third-order valence-corrected chi connectivity index (χ3v) is 4.03. The standard InChI is InChI=1S/C17H12F5N5O2/c1-8(28)11-6-10(16(18,19)17(20,21)22)9-4-5-13-24-12(15(29-3)26-23-2)7-27(13)14(9)25-11/h4-7H,2H2,1,3H3/b26-15-. The molecule has 0 amide bonds. The first kappa shape index (κ1) is 20.3. The van der Waals surface area contributed by atoms with Crippen molar-refractivity contribution in [1.82, 2.24) is 14.4 Å². The fraction of sp³-hybridized carbons (Fsp3) is 0.235. The Hall–Kier alpha value is -3.44. The molecule has 0 saturated carbocycles. The van der Waals surface area contributed by atoms with Crippen molar-refractivity contribution in [3.63, 3.8) is 0 Å². The molecule has 0 bridgehead atoms. The lowest BCUT2D eigenvalue weighted by molar-refractivity contribution is -0.288. The summed E-state index contributed by atoms with van der Waals surface area (Å²) in [5.41, 5.74) is -1.99. The van der Waals surface area contributed by atoms with Crippen LogP contribution in [0.4, 0.5) is 22.0 Å². The molecule has 0 aliphatic heterocycles. The fourth-order valence-corrected chi connectivity index (χ4v) is 2.69. The topological polar surface area (TPSA) is 81.2 Å². The lowest BCUT2D eigenvalue weighted by Gasteiger charge is -2.22. The summed E-state index contributed by atoms with van der Waals surface area (Å²) in [7, 11) is 1.28. The van der Waals surface area contributed by atoms with E-state index in [2.05, 4.69) is 26.9 Å². The number of Topliss-reactive ketones (excluding diaryl/α,β-unsaturated/α-hetero) is 1. The molecule has 0 aromatic carbocycles. The van der Waals surface area contributed by atoms with Crippen LogP contribution in [0.3, 0.4) is 0 Å². The molecule has 0 unspecified atom stereocenters. The number of ether oxygens (including phenoxy) is 1. The molecule has 3 aromatic heterocycles. The van der Waals surface area contributed by atoms with E-state index in [1.807, 2.05) is 0 Å². The Balaban J connectivity index is 2.42. The molecule has 0 aliphatic rings. The number of methoxy groups -OCH3 is 1. The number of alkyl halides is 5. The van der Waals surface area contributed by atoms with Crippen molar-refractivity contribution in [1.29, 1.82) is 0 Å². The molecule has 0 saturated heterocycles. The molecule has 3 aromatic rings. The molecule has 29 heavy (non-hydrogen) atoms. The Morgan fingerprint density at radius 3 is 2.41 bits per heavy atom. The summed E-state index contributed by atoms with van der Waals surface area (Å²) < 4.78 is 73.5. The van der Waals surface area contributed by atoms with Gasteiger partial charge in [-0.2, -0.15) is 27.1 Å². The maximum absolute atomic E-state index is 14.2. The highest BCUT2D eigenvalue weighted by Gasteiger charge is 2.59. The molecule has 3 rings (SSSR count). The van der Waals surface area contributed by atoms with Gasteiger partial charge in [-0.25, -0.2) is 9.97 Å². The molecule has 0 atom stereocenters. The molecule has 7 nitrogen and oxygen atoms in total. The van der Waals surface area contributed by atoms with Crippen molar-refractivity contribution in [2.24, 2.45) is 10.2 Å². The maximum atomic E-state index is 14.2. The van der Waals surface area contributed by atoms with E-state index >= 15 is 0 Å². The van der Waals surface area contributed by atoms with Crippen LogP contribution in [-0.4, -0.2) is 46.1 Å². The highest BCUT2D eigenvalue weighted by atomic mass is 19.4. The summed E-state index contributed by atoms with van der Waals surface area (Å²) in [6.07, 6.45) is -4.60. The molecule has 0 fully saturated rings. The normalized spacial score (nSPS) is 13.1. The second-order valence-electron chi connectivity index (χ2n) is 5.86. The van der Waals surface area contributed by atoms with Gasteiger partial charge in [-0.05, 0) is 18.2 Å². The number of ketones is 1. The Morgan fingerprint density at radius 2 is 1.86 bits per heavy atom. The predicted molar refractivity (Wildman–Crippen MR) is 93.5 cm³/mol. The van der Waals surface area contributed by atoms with Gasteiger partial charge in [0.05, 0.1) is 7.11 Å². The van der Waals surface area contributed by atoms with E-state index in [4.69, 9.17) is 4.74 Å². The lowest BCUT2D eigenvalue weighted by atomic mass is 10.0. The monoisotopic (exact) mass is 413 g/mol. The summed E-state index contributed by atoms with van der Waals surface area (Å²) in [6.45, 7) is 4.19. The van der Waals surface area contributed by atoms with Gasteiger partial charge in [0.25, 0.3) is 5.90 Å². The van der Waals surface area contributed by atoms with Crippen LogP contribution < -0.4 is 0 Å². The number of pyridine rings is 2. The zero-order valence-electron chi connectivity index (χ0n) is 15.0. The largest absolute Gasteiger partial charge is 0.478 e. The van der Waals surface area contributed by atoms with Gasteiger partial charge in [0.1, 0.15) is 22.7 Å². The summed E-state index contributed by atoms with van der Waals surface area (Å²) in [6, 6.07) is 2.71. The lowest BCUT2D eigenvalue weighted by Crippen LogP contribution is -2.34. The fourth-order valence-electron chi connectivity index (χ4n) is 2.69. The van der Waals surface area contributed by atoms with E-state index in [0.29, 0.717) is 6.07 Å². The minimum Gasteiger partial charge on any atom is -0.478 e. The number of nitrogens with zero attached hydrogens (tertiary/aromatic N) is 5. The van der Waals surface area contributed by atoms with Gasteiger partial charge in [-0.15, -0.1) is 5.10 Å². The minimum atomic E-state index is -5.87. The van der Waals surface area contributed by atoms with Crippen LogP contribution in [0.1, 0.15) is 28.7 Å². The minimum absolute atomic E-state index is 0.0691. The average Bonchev–Trinajstić information content (AvgIpc) is 3.08. The van der Waals surface area contributed by atoms with Crippen molar-refractivity contribution in [3.8, 4) is 0 Å². The van der Waals surface area contributed by atoms with Crippen LogP contribution in [0.25, 0.3) is 16.7 Å². The van der Waals surface area contributed by atoms with E-state index in [1.54, 1.807) is 0 Å². The van der Waals surface area contributed by atoms with Crippen molar-refractivity contribution in [2.75, 3.05) is 7.11 Å². The zero-order chi connectivity index (χ0) is 21.6. The van der Waals surface area contributed by atoms with E-state index in [-0.39, 0.29) is 22.9 Å². The van der Waals surface area contributed by atoms with Crippen LogP contribution in [0, 0.1) is 0 Å². The first-order chi connectivity index (χ1) is 13.5. The van der Waals surface area contributed by atoms with Crippen LogP contribution in [0.5, 0.6) is 0 Å². The highest BCUT2D eigenvalue weighted by molar-refractivity contribution is 5.97. The zero-order valence-corrected chi connectivity index (χ0v) is 15.0. The molecule has 0 aliphatic carbocycles. The number of carbonyl (C=O) groups excluding carboxylic acids is 1. The predicted octanol–water partition coefficient (Wildman–Crippen LogP) is 3.75. The van der Waals surface area contributed by atoms with Crippen molar-refractivity contribution in [3.05, 3.63) is 41.3 Å². The van der Waals surface area contributed by atoms with E-state index in [9.17, 15) is 26.7 Å². The van der Waals surface area contributed by atoms with Gasteiger partial charge in [0.2, 0.25) is 0 Å². The van der Waals surface area contributed by atoms with Crippen molar-refractivity contribution in [2.45, 2.75) is 19.0 Å². The van der Waals surface area contributed by atoms with E-state index < -0.39 is 34.5 Å².